The fraction of sp³-hybridized carbons (Fsp3) is 0.409. The topological polar surface area (TPSA) is 75.7 Å². The van der Waals surface area contributed by atoms with Crippen molar-refractivity contribution in [2.24, 2.45) is 0 Å². The molecule has 2 aromatic rings. The van der Waals surface area contributed by atoms with Crippen LogP contribution in [0.1, 0.15) is 31.2 Å². The summed E-state index contributed by atoms with van der Waals surface area (Å²) in [7, 11) is -1.98. The summed E-state index contributed by atoms with van der Waals surface area (Å²) in [5, 5.41) is 2.94. The SMILES string of the molecule is COc1ccc(S(=O)(=O)N2CCCCC2)cc1CCC(=O)Nc1ccccc1SC. The third-order valence-electron chi connectivity index (χ3n) is 5.21. The van der Waals surface area contributed by atoms with E-state index >= 15 is 0 Å². The molecule has 6 nitrogen and oxygen atoms in total. The van der Waals surface area contributed by atoms with Crippen molar-refractivity contribution < 1.29 is 17.9 Å². The van der Waals surface area contributed by atoms with Crippen molar-refractivity contribution in [3.63, 3.8) is 0 Å². The number of rotatable bonds is 8. The molecule has 30 heavy (non-hydrogen) atoms. The van der Waals surface area contributed by atoms with Crippen molar-refractivity contribution >= 4 is 33.4 Å². The summed E-state index contributed by atoms with van der Waals surface area (Å²) in [5.41, 5.74) is 1.49. The lowest BCUT2D eigenvalue weighted by atomic mass is 10.1. The highest BCUT2D eigenvalue weighted by Gasteiger charge is 2.26. The molecule has 1 heterocycles. The lowest BCUT2D eigenvalue weighted by Crippen LogP contribution is -2.35. The number of ether oxygens (including phenoxy) is 1. The van der Waals surface area contributed by atoms with Gasteiger partial charge in [0.2, 0.25) is 15.9 Å². The monoisotopic (exact) mass is 448 g/mol. The van der Waals surface area contributed by atoms with Crippen molar-refractivity contribution in [3.05, 3.63) is 48.0 Å². The number of piperidine rings is 1. The minimum atomic E-state index is -3.53. The molecule has 1 aliphatic heterocycles. The van der Waals surface area contributed by atoms with Gasteiger partial charge in [0.25, 0.3) is 0 Å². The molecule has 0 radical (unpaired) electrons. The zero-order valence-corrected chi connectivity index (χ0v) is 19.0. The first-order valence-corrected chi connectivity index (χ1v) is 12.7. The van der Waals surface area contributed by atoms with Gasteiger partial charge < -0.3 is 10.1 Å². The Balaban J connectivity index is 1.73. The van der Waals surface area contributed by atoms with Crippen LogP contribution in [0.25, 0.3) is 0 Å². The van der Waals surface area contributed by atoms with Crippen molar-refractivity contribution in [2.45, 2.75) is 41.9 Å². The molecule has 0 spiro atoms. The first-order chi connectivity index (χ1) is 14.5. The average Bonchev–Trinajstić information content (AvgIpc) is 2.78. The first kappa shape index (κ1) is 22.7. The summed E-state index contributed by atoms with van der Waals surface area (Å²) in [5.74, 6) is 0.466. The summed E-state index contributed by atoms with van der Waals surface area (Å²) in [6.45, 7) is 1.11. The minimum Gasteiger partial charge on any atom is -0.496 e. The molecule has 0 aromatic heterocycles. The van der Waals surface area contributed by atoms with Crippen LogP contribution in [0.3, 0.4) is 0 Å². The van der Waals surface area contributed by atoms with E-state index in [-0.39, 0.29) is 17.2 Å². The van der Waals surface area contributed by atoms with E-state index < -0.39 is 10.0 Å². The number of aryl methyl sites for hydroxylation is 1. The van der Waals surface area contributed by atoms with Crippen molar-refractivity contribution in [1.82, 2.24) is 4.31 Å². The van der Waals surface area contributed by atoms with Crippen LogP contribution < -0.4 is 10.1 Å². The van der Waals surface area contributed by atoms with Crippen LogP contribution >= 0.6 is 11.8 Å². The summed E-state index contributed by atoms with van der Waals surface area (Å²) < 4.78 is 32.9. The number of nitrogens with one attached hydrogen (secondary N) is 1. The molecule has 1 fully saturated rings. The number of anilines is 1. The molecule has 1 N–H and O–H groups in total. The molecule has 2 aromatic carbocycles. The number of methoxy groups -OCH3 is 1. The first-order valence-electron chi connectivity index (χ1n) is 10.1. The van der Waals surface area contributed by atoms with Crippen LogP contribution in [0.5, 0.6) is 5.75 Å². The number of thioether (sulfide) groups is 1. The standard InChI is InChI=1S/C22H28N2O4S2/c1-28-20-12-11-18(30(26,27)24-14-6-3-7-15-24)16-17(20)10-13-22(25)23-19-8-4-5-9-21(19)29-2/h4-5,8-9,11-12,16H,3,6-7,10,13-15H2,1-2H3,(H,23,25). The number of amides is 1. The largest absolute Gasteiger partial charge is 0.496 e. The van der Waals surface area contributed by atoms with Crippen LogP contribution in [0.15, 0.2) is 52.3 Å². The Morgan fingerprint density at radius 2 is 1.87 bits per heavy atom. The van der Waals surface area contributed by atoms with Crippen molar-refractivity contribution in [3.8, 4) is 5.75 Å². The van der Waals surface area contributed by atoms with Gasteiger partial charge in [-0.2, -0.15) is 4.31 Å². The zero-order valence-electron chi connectivity index (χ0n) is 17.4. The maximum atomic E-state index is 13.0. The highest BCUT2D eigenvalue weighted by molar-refractivity contribution is 7.98. The Labute approximate surface area is 183 Å². The molecule has 0 aliphatic carbocycles. The van der Waals surface area contributed by atoms with Crippen LogP contribution in [0.4, 0.5) is 5.69 Å². The van der Waals surface area contributed by atoms with E-state index in [2.05, 4.69) is 5.32 Å². The lowest BCUT2D eigenvalue weighted by molar-refractivity contribution is -0.116. The number of benzene rings is 2. The molecule has 1 amide bonds. The fourth-order valence-corrected chi connectivity index (χ4v) is 5.70. The van der Waals surface area contributed by atoms with E-state index in [1.165, 1.54) is 0 Å². The number of carbonyl (C=O) groups is 1. The predicted molar refractivity (Wildman–Crippen MR) is 121 cm³/mol. The van der Waals surface area contributed by atoms with Gasteiger partial charge in [-0.3, -0.25) is 4.79 Å². The van der Waals surface area contributed by atoms with Gasteiger partial charge in [0, 0.05) is 24.4 Å². The quantitative estimate of drug-likeness (QED) is 0.614. The lowest BCUT2D eigenvalue weighted by Gasteiger charge is -2.26. The second-order valence-electron chi connectivity index (χ2n) is 7.19. The van der Waals surface area contributed by atoms with E-state index in [1.54, 1.807) is 41.4 Å². The van der Waals surface area contributed by atoms with E-state index in [0.717, 1.165) is 29.8 Å². The molecule has 162 valence electrons. The highest BCUT2D eigenvalue weighted by Crippen LogP contribution is 2.28. The molecule has 1 saturated heterocycles. The smallest absolute Gasteiger partial charge is 0.243 e. The second-order valence-corrected chi connectivity index (χ2v) is 9.97. The van der Waals surface area contributed by atoms with Gasteiger partial charge in [0.05, 0.1) is 17.7 Å². The van der Waals surface area contributed by atoms with E-state index in [1.807, 2.05) is 30.5 Å². The molecule has 8 heteroatoms. The third-order valence-corrected chi connectivity index (χ3v) is 7.90. The van der Waals surface area contributed by atoms with E-state index in [9.17, 15) is 13.2 Å². The number of carbonyl (C=O) groups excluding carboxylic acids is 1. The molecule has 0 unspecified atom stereocenters. The molecule has 0 saturated carbocycles. The van der Waals surface area contributed by atoms with Gasteiger partial charge >= 0.3 is 0 Å². The third kappa shape index (κ3) is 5.36. The molecule has 0 atom stereocenters. The Morgan fingerprint density at radius 3 is 2.57 bits per heavy atom. The highest BCUT2D eigenvalue weighted by atomic mass is 32.2. The Hall–Kier alpha value is -2.03. The molecule has 1 aliphatic rings. The Morgan fingerprint density at radius 1 is 1.13 bits per heavy atom. The molecule has 3 rings (SSSR count). The van der Waals surface area contributed by atoms with Gasteiger partial charge in [-0.05, 0) is 61.4 Å². The van der Waals surface area contributed by atoms with E-state index in [0.29, 0.717) is 30.8 Å². The number of nitrogens with zero attached hydrogens (tertiary/aromatic N) is 1. The number of hydrogen-bond acceptors (Lipinski definition) is 5. The fourth-order valence-electron chi connectivity index (χ4n) is 3.57. The van der Waals surface area contributed by atoms with Crippen molar-refractivity contribution in [2.75, 3.05) is 31.8 Å². The molecular weight excluding hydrogens is 420 g/mol. The number of hydrogen-bond donors (Lipinski definition) is 1. The van der Waals surface area contributed by atoms with Gasteiger partial charge in [-0.25, -0.2) is 8.42 Å². The average molecular weight is 449 g/mol. The van der Waals surface area contributed by atoms with Crippen LogP contribution in [0, 0.1) is 0 Å². The second kappa shape index (κ2) is 10.3. The van der Waals surface area contributed by atoms with Gasteiger partial charge in [0.15, 0.2) is 0 Å². The molecular formula is C22H28N2O4S2. The Kier molecular flexibility index (Phi) is 7.80. The number of sulfonamides is 1. The minimum absolute atomic E-state index is 0.122. The van der Waals surface area contributed by atoms with Gasteiger partial charge in [-0.1, -0.05) is 18.6 Å². The van der Waals surface area contributed by atoms with Crippen LogP contribution in [-0.2, 0) is 21.2 Å². The summed E-state index contributed by atoms with van der Waals surface area (Å²) >= 11 is 1.57. The number of para-hydroxylation sites is 1. The molecule has 0 bridgehead atoms. The van der Waals surface area contributed by atoms with E-state index in [4.69, 9.17) is 4.74 Å². The van der Waals surface area contributed by atoms with Crippen molar-refractivity contribution in [1.29, 1.82) is 0 Å². The van der Waals surface area contributed by atoms with Crippen LogP contribution in [0.2, 0.25) is 0 Å². The van der Waals surface area contributed by atoms with Crippen LogP contribution in [-0.4, -0.2) is 45.1 Å². The van der Waals surface area contributed by atoms with Gasteiger partial charge in [0.1, 0.15) is 5.75 Å². The predicted octanol–water partition coefficient (Wildman–Crippen LogP) is 4.16. The maximum Gasteiger partial charge on any atom is 0.243 e. The summed E-state index contributed by atoms with van der Waals surface area (Å²) in [4.78, 5) is 13.8. The normalized spacial score (nSPS) is 15.0. The zero-order chi connectivity index (χ0) is 21.6. The van der Waals surface area contributed by atoms with Gasteiger partial charge in [-0.15, -0.1) is 11.8 Å². The Bertz CT molecular complexity index is 986. The summed E-state index contributed by atoms with van der Waals surface area (Å²) in [6.07, 6.45) is 5.42. The summed E-state index contributed by atoms with van der Waals surface area (Å²) in [6, 6.07) is 12.5. The maximum absolute atomic E-state index is 13.0.